The normalized spacial score (nSPS) is 11.2. The zero-order valence-corrected chi connectivity index (χ0v) is 19.9. The minimum absolute atomic E-state index is 0.157. The highest BCUT2D eigenvalue weighted by Crippen LogP contribution is 2.33. The molecule has 3 aromatic carbocycles. The maximum absolute atomic E-state index is 13.7. The second-order valence-electron chi connectivity index (χ2n) is 7.74. The van der Waals surface area contributed by atoms with Gasteiger partial charge in [-0.2, -0.15) is 0 Å². The Kier molecular flexibility index (Phi) is 5.85. The molecule has 0 fully saturated rings. The molecule has 0 aliphatic heterocycles. The smallest absolute Gasteiger partial charge is 0.262 e. The van der Waals surface area contributed by atoms with Gasteiger partial charge < -0.3 is 4.90 Å². The summed E-state index contributed by atoms with van der Waals surface area (Å²) >= 11 is 7.02. The molecule has 0 unspecified atom stereocenters. The number of anilines is 1. The summed E-state index contributed by atoms with van der Waals surface area (Å²) in [5.41, 5.74) is 2.43. The molecule has 0 aliphatic carbocycles. The van der Waals surface area contributed by atoms with E-state index in [0.717, 1.165) is 11.3 Å². The first-order valence-corrected chi connectivity index (χ1v) is 12.0. The van der Waals surface area contributed by atoms with Gasteiger partial charge in [0.05, 0.1) is 15.8 Å². The van der Waals surface area contributed by atoms with Crippen molar-refractivity contribution >= 4 is 51.7 Å². The number of aromatic nitrogens is 2. The number of hydrogen-bond donors (Lipinski definition) is 0. The van der Waals surface area contributed by atoms with Gasteiger partial charge in [-0.25, -0.2) is 4.39 Å². The molecule has 0 aliphatic rings. The van der Waals surface area contributed by atoms with Crippen molar-refractivity contribution in [1.29, 1.82) is 0 Å². The Morgan fingerprint density at radius 1 is 1.00 bits per heavy atom. The molecular formula is C26H20FN3O2S2. The van der Waals surface area contributed by atoms with Crippen LogP contribution in [0.25, 0.3) is 27.0 Å². The second kappa shape index (κ2) is 8.96. The van der Waals surface area contributed by atoms with Crippen molar-refractivity contribution in [2.75, 3.05) is 11.4 Å². The molecule has 0 saturated carbocycles. The number of nitrogens with zero attached hydrogens (tertiary/aromatic N) is 3. The predicted molar refractivity (Wildman–Crippen MR) is 138 cm³/mol. The third kappa shape index (κ3) is 3.74. The van der Waals surface area contributed by atoms with E-state index in [1.165, 1.54) is 28.0 Å². The summed E-state index contributed by atoms with van der Waals surface area (Å²) in [5, 5.41) is 0.477. The lowest BCUT2D eigenvalue weighted by molar-refractivity contribution is -0.119. The Bertz CT molecular complexity index is 1640. The average Bonchev–Trinajstić information content (AvgIpc) is 3.20. The van der Waals surface area contributed by atoms with Crippen LogP contribution >= 0.6 is 23.6 Å². The highest BCUT2D eigenvalue weighted by molar-refractivity contribution is 7.73. The number of thiazole rings is 1. The number of likely N-dealkylation sites (N-methyl/N-ethyl adjacent to an activating group) is 1. The average molecular weight is 490 g/mol. The van der Waals surface area contributed by atoms with Gasteiger partial charge in [0.1, 0.15) is 18.0 Å². The molecule has 1 amide bonds. The van der Waals surface area contributed by atoms with Gasteiger partial charge >= 0.3 is 0 Å². The van der Waals surface area contributed by atoms with Crippen LogP contribution in [0.3, 0.4) is 0 Å². The first kappa shape index (κ1) is 22.2. The Balaban J connectivity index is 1.77. The van der Waals surface area contributed by atoms with Gasteiger partial charge in [0, 0.05) is 12.2 Å². The number of fused-ring (bicyclic) bond motifs is 3. The summed E-state index contributed by atoms with van der Waals surface area (Å²) in [6, 6.07) is 22.6. The Morgan fingerprint density at radius 2 is 1.68 bits per heavy atom. The number of carbonyl (C=O) groups is 1. The monoisotopic (exact) mass is 489 g/mol. The van der Waals surface area contributed by atoms with E-state index >= 15 is 0 Å². The van der Waals surface area contributed by atoms with Gasteiger partial charge in [-0.05, 0) is 61.1 Å². The number of hydrogen-bond acceptors (Lipinski definition) is 4. The topological polar surface area (TPSA) is 46.7 Å². The molecule has 0 radical (unpaired) electrons. The molecule has 5 rings (SSSR count). The molecule has 2 aromatic heterocycles. The molecule has 5 nitrogen and oxygen atoms in total. The largest absolute Gasteiger partial charge is 0.311 e. The van der Waals surface area contributed by atoms with E-state index in [9.17, 15) is 14.0 Å². The molecule has 8 heteroatoms. The van der Waals surface area contributed by atoms with Gasteiger partial charge in [-0.1, -0.05) is 42.5 Å². The van der Waals surface area contributed by atoms with Crippen LogP contribution in [0.2, 0.25) is 0 Å². The quantitative estimate of drug-likeness (QED) is 0.289. The lowest BCUT2D eigenvalue weighted by Gasteiger charge is -2.22. The fourth-order valence-corrected chi connectivity index (χ4v) is 5.61. The van der Waals surface area contributed by atoms with Crippen LogP contribution in [0.1, 0.15) is 6.92 Å². The lowest BCUT2D eigenvalue weighted by Crippen LogP contribution is -2.37. The van der Waals surface area contributed by atoms with Gasteiger partial charge in [0.25, 0.3) is 5.56 Å². The highest BCUT2D eigenvalue weighted by Gasteiger charge is 2.22. The van der Waals surface area contributed by atoms with Crippen LogP contribution in [0, 0.1) is 9.77 Å². The molecule has 0 N–H and O–H groups in total. The number of rotatable bonds is 5. The fourth-order valence-electron chi connectivity index (χ4n) is 4.18. The van der Waals surface area contributed by atoms with Crippen molar-refractivity contribution in [2.45, 2.75) is 13.5 Å². The van der Waals surface area contributed by atoms with E-state index in [-0.39, 0.29) is 23.8 Å². The van der Waals surface area contributed by atoms with E-state index in [0.29, 0.717) is 31.9 Å². The van der Waals surface area contributed by atoms with Crippen molar-refractivity contribution in [1.82, 2.24) is 8.97 Å². The Morgan fingerprint density at radius 3 is 2.38 bits per heavy atom. The summed E-state index contributed by atoms with van der Waals surface area (Å²) in [6.45, 7) is 2.20. The van der Waals surface area contributed by atoms with Crippen molar-refractivity contribution in [3.63, 3.8) is 0 Å². The van der Waals surface area contributed by atoms with Gasteiger partial charge in [-0.3, -0.25) is 18.6 Å². The second-order valence-corrected chi connectivity index (χ2v) is 9.39. The third-order valence-corrected chi connectivity index (χ3v) is 7.16. The van der Waals surface area contributed by atoms with E-state index < -0.39 is 0 Å². The predicted octanol–water partition coefficient (Wildman–Crippen LogP) is 5.90. The minimum atomic E-state index is -0.352. The van der Waals surface area contributed by atoms with Gasteiger partial charge in [0.2, 0.25) is 5.91 Å². The maximum Gasteiger partial charge on any atom is 0.262 e. The summed E-state index contributed by atoms with van der Waals surface area (Å²) in [6.07, 6.45) is 0. The molecule has 34 heavy (non-hydrogen) atoms. The van der Waals surface area contributed by atoms with E-state index in [4.69, 9.17) is 12.2 Å². The number of carbonyl (C=O) groups excluding carboxylic acids is 1. The van der Waals surface area contributed by atoms with E-state index in [2.05, 4.69) is 0 Å². The van der Waals surface area contributed by atoms with Crippen LogP contribution in [-0.2, 0) is 11.3 Å². The van der Waals surface area contributed by atoms with Crippen LogP contribution in [0.4, 0.5) is 10.1 Å². The van der Waals surface area contributed by atoms with E-state index in [1.807, 2.05) is 53.8 Å². The van der Waals surface area contributed by atoms with Crippen LogP contribution in [-0.4, -0.2) is 21.4 Å². The Hall–Kier alpha value is -3.62. The van der Waals surface area contributed by atoms with Crippen molar-refractivity contribution in [2.24, 2.45) is 0 Å². The molecular weight excluding hydrogens is 469 g/mol. The number of para-hydroxylation sites is 2. The van der Waals surface area contributed by atoms with Gasteiger partial charge in [0.15, 0.2) is 3.95 Å². The molecule has 0 atom stereocenters. The SMILES string of the molecule is CCN(C(=O)Cn1c(=O)c2ccccc2n2c(=S)sc(-c3ccc(F)cc3)c12)c1ccccc1. The number of benzene rings is 3. The molecule has 0 spiro atoms. The molecule has 0 bridgehead atoms. The molecule has 170 valence electrons. The molecule has 2 heterocycles. The van der Waals surface area contributed by atoms with E-state index in [1.54, 1.807) is 29.2 Å². The van der Waals surface area contributed by atoms with Crippen molar-refractivity contribution < 1.29 is 9.18 Å². The fraction of sp³-hybridized carbons (Fsp3) is 0.115. The summed E-state index contributed by atoms with van der Waals surface area (Å²) < 4.78 is 17.5. The summed E-state index contributed by atoms with van der Waals surface area (Å²) in [4.78, 5) is 29.5. The maximum atomic E-state index is 13.7. The molecule has 5 aromatic rings. The van der Waals surface area contributed by atoms with Gasteiger partial charge in [-0.15, -0.1) is 11.3 Å². The first-order valence-electron chi connectivity index (χ1n) is 10.8. The third-order valence-electron chi connectivity index (χ3n) is 5.75. The minimum Gasteiger partial charge on any atom is -0.311 e. The first-order chi connectivity index (χ1) is 16.5. The number of halogens is 1. The van der Waals surface area contributed by atoms with Crippen LogP contribution in [0.15, 0.2) is 83.7 Å². The molecule has 0 saturated heterocycles. The van der Waals surface area contributed by atoms with Crippen LogP contribution in [0.5, 0.6) is 0 Å². The van der Waals surface area contributed by atoms with Crippen LogP contribution < -0.4 is 10.5 Å². The zero-order valence-electron chi connectivity index (χ0n) is 18.3. The van der Waals surface area contributed by atoms with Crippen molar-refractivity contribution in [3.05, 3.63) is 99.0 Å². The Labute approximate surface area is 203 Å². The standard InChI is InChI=1S/C26H20FN3O2S2/c1-2-28(19-8-4-3-5-9-19)22(31)16-29-24-23(17-12-14-18(27)15-13-17)34-26(33)30(24)21-11-7-6-10-20(21)25(29)32/h3-15H,2,16H2,1H3. The lowest BCUT2D eigenvalue weighted by atomic mass is 10.2. The van der Waals surface area contributed by atoms with Crippen molar-refractivity contribution in [3.8, 4) is 10.4 Å². The summed E-state index contributed by atoms with van der Waals surface area (Å²) in [7, 11) is 0. The number of amides is 1. The highest BCUT2D eigenvalue weighted by atomic mass is 32.1. The summed E-state index contributed by atoms with van der Waals surface area (Å²) in [5.74, 6) is -0.564. The zero-order chi connectivity index (χ0) is 23.8.